The molecule has 9 heteroatoms. The molecule has 0 amide bonds. The maximum absolute atomic E-state index is 11.7. The van der Waals surface area contributed by atoms with Gasteiger partial charge in [0.05, 0.1) is 18.6 Å². The molecule has 0 radical (unpaired) electrons. The lowest BCUT2D eigenvalue weighted by Crippen LogP contribution is -2.55. The van der Waals surface area contributed by atoms with Gasteiger partial charge in [-0.1, -0.05) is 6.92 Å². The van der Waals surface area contributed by atoms with E-state index in [9.17, 15) is 24.2 Å². The fourth-order valence-electron chi connectivity index (χ4n) is 2.45. The molecular weight excluding hydrogens is 265 g/mol. The molecule has 5 atom stereocenters. The first-order chi connectivity index (χ1) is 8.25. The Balaban J connectivity index is 2.28. The predicted molar refractivity (Wildman–Crippen MR) is 58.2 cm³/mol. The molecule has 2 fully saturated rings. The fraction of sp³-hybridized carbons (Fsp3) is 0.778. The van der Waals surface area contributed by atoms with Crippen molar-refractivity contribution < 1.29 is 34.0 Å². The summed E-state index contributed by atoms with van der Waals surface area (Å²) in [6, 6.07) is 0. The summed E-state index contributed by atoms with van der Waals surface area (Å²) in [7, 11) is -3.81. The zero-order chi connectivity index (χ0) is 13.7. The molecule has 1 heterocycles. The molecule has 0 aromatic heterocycles. The molecule has 5 unspecified atom stereocenters. The third-order valence-electron chi connectivity index (χ3n) is 3.50. The topological polar surface area (TPSA) is 133 Å². The average molecular weight is 279 g/mol. The van der Waals surface area contributed by atoms with Crippen molar-refractivity contribution in [3.05, 3.63) is 0 Å². The van der Waals surface area contributed by atoms with Gasteiger partial charge in [-0.2, -0.15) is 0 Å². The van der Waals surface area contributed by atoms with Crippen LogP contribution in [0.1, 0.15) is 6.92 Å². The first-order valence-corrected chi connectivity index (χ1v) is 7.29. The van der Waals surface area contributed by atoms with Crippen molar-refractivity contribution in [3.8, 4) is 0 Å². The monoisotopic (exact) mass is 279 g/mol. The molecule has 2 rings (SSSR count). The highest BCUT2D eigenvalue weighted by molar-refractivity contribution is 7.55. The number of ether oxygens (including phenoxy) is 1. The molecule has 0 aromatic rings. The van der Waals surface area contributed by atoms with Crippen LogP contribution in [0.15, 0.2) is 0 Å². The van der Waals surface area contributed by atoms with E-state index >= 15 is 0 Å². The predicted octanol–water partition coefficient (Wildman–Crippen LogP) is -0.666. The molecule has 8 nitrogen and oxygen atoms in total. The van der Waals surface area contributed by atoms with Gasteiger partial charge in [0.2, 0.25) is 0 Å². The molecule has 1 aliphatic heterocycles. The van der Waals surface area contributed by atoms with Crippen LogP contribution in [0.2, 0.25) is 0 Å². The van der Waals surface area contributed by atoms with Crippen LogP contribution in [0.3, 0.4) is 0 Å². The summed E-state index contributed by atoms with van der Waals surface area (Å²) in [4.78, 5) is 31.8. The number of carboxylic acid groups (broad SMARTS) is 2. The number of fused-ring (bicyclic) bond motifs is 1. The van der Waals surface area contributed by atoms with Gasteiger partial charge in [-0.05, 0) is 0 Å². The van der Waals surface area contributed by atoms with E-state index in [4.69, 9.17) is 9.84 Å². The van der Waals surface area contributed by atoms with E-state index in [1.54, 1.807) is 0 Å². The molecule has 2 aliphatic rings. The fourth-order valence-corrected chi connectivity index (χ4v) is 3.54. The first kappa shape index (κ1) is 13.5. The molecule has 1 saturated carbocycles. The second-order valence-electron chi connectivity index (χ2n) is 4.57. The van der Waals surface area contributed by atoms with Crippen LogP contribution in [0.4, 0.5) is 0 Å². The van der Waals surface area contributed by atoms with Crippen molar-refractivity contribution in [3.63, 3.8) is 0 Å². The van der Waals surface area contributed by atoms with Crippen LogP contribution in [0, 0.1) is 11.8 Å². The minimum Gasteiger partial charge on any atom is -0.481 e. The average Bonchev–Trinajstić information content (AvgIpc) is 2.90. The number of aliphatic carboxylic acids is 2. The Morgan fingerprint density at radius 1 is 1.50 bits per heavy atom. The quantitative estimate of drug-likeness (QED) is 0.487. The second kappa shape index (κ2) is 4.03. The molecule has 0 spiro atoms. The highest BCUT2D eigenvalue weighted by atomic mass is 31.2. The van der Waals surface area contributed by atoms with Crippen LogP contribution in [0.25, 0.3) is 0 Å². The highest BCUT2D eigenvalue weighted by Crippen LogP contribution is 2.57. The largest absolute Gasteiger partial charge is 0.481 e. The van der Waals surface area contributed by atoms with Gasteiger partial charge in [0, 0.05) is 12.1 Å². The molecule has 18 heavy (non-hydrogen) atoms. The number of hydrogen-bond donors (Lipinski definition) is 4. The number of rotatable bonds is 5. The highest BCUT2D eigenvalue weighted by Gasteiger charge is 2.74. The third kappa shape index (κ3) is 1.85. The Hall–Kier alpha value is -0.950. The Morgan fingerprint density at radius 2 is 2.11 bits per heavy atom. The van der Waals surface area contributed by atoms with E-state index in [1.165, 1.54) is 6.92 Å². The SMILES string of the molecule is CCP(=O)(O)NC1(C(=O)O)COC2C(C(=O)O)C21. The van der Waals surface area contributed by atoms with Crippen LogP contribution in [0.5, 0.6) is 0 Å². The van der Waals surface area contributed by atoms with E-state index in [1.807, 2.05) is 0 Å². The van der Waals surface area contributed by atoms with Crippen LogP contribution >= 0.6 is 7.52 Å². The Kier molecular flexibility index (Phi) is 3.02. The van der Waals surface area contributed by atoms with Gasteiger partial charge in [0.1, 0.15) is 0 Å². The number of carboxylic acids is 2. The van der Waals surface area contributed by atoms with Gasteiger partial charge >= 0.3 is 11.9 Å². The second-order valence-corrected chi connectivity index (χ2v) is 6.83. The number of carbonyl (C=O) groups is 2. The Morgan fingerprint density at radius 3 is 2.50 bits per heavy atom. The van der Waals surface area contributed by atoms with E-state index in [2.05, 4.69) is 5.09 Å². The zero-order valence-electron chi connectivity index (χ0n) is 9.57. The maximum atomic E-state index is 11.7. The minimum absolute atomic E-state index is 0.142. The lowest BCUT2D eigenvalue weighted by molar-refractivity contribution is -0.147. The summed E-state index contributed by atoms with van der Waals surface area (Å²) in [6.45, 7) is 1.14. The van der Waals surface area contributed by atoms with Crippen molar-refractivity contribution in [1.29, 1.82) is 0 Å². The van der Waals surface area contributed by atoms with Crippen molar-refractivity contribution in [2.75, 3.05) is 12.8 Å². The summed E-state index contributed by atoms with van der Waals surface area (Å²) < 4.78 is 16.8. The van der Waals surface area contributed by atoms with Crippen LogP contribution in [-0.4, -0.2) is 51.5 Å². The molecule has 0 aromatic carbocycles. The van der Waals surface area contributed by atoms with Gasteiger partial charge in [-0.25, -0.2) is 5.09 Å². The third-order valence-corrected chi connectivity index (χ3v) is 5.10. The summed E-state index contributed by atoms with van der Waals surface area (Å²) in [5.41, 5.74) is -1.78. The normalized spacial score (nSPS) is 40.9. The summed E-state index contributed by atoms with van der Waals surface area (Å²) in [5, 5.41) is 20.4. The number of nitrogens with one attached hydrogen (secondary N) is 1. The molecule has 4 N–H and O–H groups in total. The van der Waals surface area contributed by atoms with Gasteiger partial charge in [0.15, 0.2) is 5.54 Å². The van der Waals surface area contributed by atoms with Crippen molar-refractivity contribution in [2.45, 2.75) is 18.6 Å². The van der Waals surface area contributed by atoms with E-state index in [0.29, 0.717) is 0 Å². The standard InChI is InChI=1S/C9H14NO7P/c1-2-18(15,16)10-9(8(13)14)3-17-6-4(5(6)9)7(11)12/h4-6H,2-3H2,1H3,(H,11,12)(H,13,14)(H2,10,15,16). The smallest absolute Gasteiger partial charge is 0.327 e. The molecular formula is C9H14NO7P. The maximum Gasteiger partial charge on any atom is 0.327 e. The molecule has 102 valence electrons. The number of hydrogen-bond acceptors (Lipinski definition) is 4. The van der Waals surface area contributed by atoms with E-state index in [0.717, 1.165) is 0 Å². The summed E-state index contributed by atoms with van der Waals surface area (Å²) >= 11 is 0. The van der Waals surface area contributed by atoms with Crippen molar-refractivity contribution in [2.24, 2.45) is 11.8 Å². The molecule has 1 aliphatic carbocycles. The minimum atomic E-state index is -3.81. The van der Waals surface area contributed by atoms with Crippen molar-refractivity contribution >= 4 is 19.5 Å². The summed E-state index contributed by atoms with van der Waals surface area (Å²) in [5.74, 6) is -4.25. The van der Waals surface area contributed by atoms with Gasteiger partial charge in [-0.15, -0.1) is 0 Å². The Labute approximate surface area is 102 Å². The first-order valence-electron chi connectivity index (χ1n) is 5.44. The lowest BCUT2D eigenvalue weighted by Gasteiger charge is -2.29. The summed E-state index contributed by atoms with van der Waals surface area (Å²) in [6.07, 6.45) is -0.833. The van der Waals surface area contributed by atoms with Crippen molar-refractivity contribution in [1.82, 2.24) is 5.09 Å². The van der Waals surface area contributed by atoms with Gasteiger partial charge < -0.3 is 19.8 Å². The molecule has 1 saturated heterocycles. The van der Waals surface area contributed by atoms with Gasteiger partial charge in [0.25, 0.3) is 7.52 Å². The van der Waals surface area contributed by atoms with Crippen LogP contribution in [-0.2, 0) is 18.9 Å². The van der Waals surface area contributed by atoms with Crippen LogP contribution < -0.4 is 5.09 Å². The van der Waals surface area contributed by atoms with E-state index in [-0.39, 0.29) is 12.8 Å². The van der Waals surface area contributed by atoms with E-state index < -0.39 is 42.9 Å². The van der Waals surface area contributed by atoms with Gasteiger partial charge in [-0.3, -0.25) is 14.2 Å². The molecule has 0 bridgehead atoms. The zero-order valence-corrected chi connectivity index (χ0v) is 10.5. The lowest BCUT2D eigenvalue weighted by atomic mass is 9.95. The Bertz CT molecular complexity index is 452.